The lowest BCUT2D eigenvalue weighted by atomic mass is 10.0. The largest absolute Gasteiger partial charge is 0.415 e. The Morgan fingerprint density at radius 1 is 1.25 bits per heavy atom. The molecular formula is C11H11F5N2OS. The first-order valence-electron chi connectivity index (χ1n) is 5.26. The molecule has 1 amide bonds. The molecule has 1 aromatic carbocycles. The minimum absolute atomic E-state index is 0.0366. The Labute approximate surface area is 115 Å². The van der Waals surface area contributed by atoms with Crippen molar-refractivity contribution in [1.29, 1.82) is 0 Å². The third-order valence-corrected chi connectivity index (χ3v) is 3.12. The number of hydrogen-bond donors (Lipinski definition) is 2. The molecule has 0 aliphatic carbocycles. The quantitative estimate of drug-likeness (QED) is 0.663. The van der Waals surface area contributed by atoms with Crippen LogP contribution in [0, 0.1) is 0 Å². The molecule has 1 aromatic rings. The van der Waals surface area contributed by atoms with Crippen molar-refractivity contribution >= 4 is 23.4 Å². The monoisotopic (exact) mass is 314 g/mol. The molecule has 1 atom stereocenters. The molecule has 0 bridgehead atoms. The molecule has 20 heavy (non-hydrogen) atoms. The number of thioether (sulfide) groups is 1. The third kappa shape index (κ3) is 4.07. The van der Waals surface area contributed by atoms with Crippen LogP contribution < -0.4 is 11.1 Å². The van der Waals surface area contributed by atoms with Crippen LogP contribution in [0.5, 0.6) is 0 Å². The first-order chi connectivity index (χ1) is 9.04. The molecule has 0 radical (unpaired) electrons. The van der Waals surface area contributed by atoms with Gasteiger partial charge in [0.2, 0.25) is 0 Å². The third-order valence-electron chi connectivity index (χ3n) is 2.40. The van der Waals surface area contributed by atoms with Gasteiger partial charge in [0.1, 0.15) is 0 Å². The van der Waals surface area contributed by atoms with Crippen LogP contribution >= 0.6 is 11.8 Å². The second-order valence-corrected chi connectivity index (χ2v) is 5.12. The molecule has 0 aromatic heterocycles. The number of hydrogen-bond acceptors (Lipinski definition) is 3. The minimum Gasteiger partial charge on any atom is -0.324 e. The molecule has 0 aliphatic heterocycles. The fraction of sp³-hybridized carbons (Fsp3) is 0.364. The van der Waals surface area contributed by atoms with Gasteiger partial charge in [-0.2, -0.15) is 22.0 Å². The summed E-state index contributed by atoms with van der Waals surface area (Å²) in [6.45, 7) is 0.545. The molecular weight excluding hydrogens is 303 g/mol. The van der Waals surface area contributed by atoms with Crippen molar-refractivity contribution < 1.29 is 26.7 Å². The minimum atomic E-state index is -4.90. The number of alkyl halides is 5. The Hall–Kier alpha value is -1.35. The number of anilines is 1. The lowest BCUT2D eigenvalue weighted by Crippen LogP contribution is -2.59. The summed E-state index contributed by atoms with van der Waals surface area (Å²) in [6, 6.07) is 4.95. The number of amides is 1. The van der Waals surface area contributed by atoms with Crippen LogP contribution in [0.15, 0.2) is 29.2 Å². The molecule has 1 unspecified atom stereocenters. The molecule has 0 saturated carbocycles. The second kappa shape index (κ2) is 5.96. The molecule has 9 heteroatoms. The molecule has 0 spiro atoms. The van der Waals surface area contributed by atoms with E-state index in [-0.39, 0.29) is 22.3 Å². The highest BCUT2D eigenvalue weighted by Crippen LogP contribution is 2.30. The summed E-state index contributed by atoms with van der Waals surface area (Å²) in [5.74, 6) is -4.03. The average molecular weight is 314 g/mol. The Morgan fingerprint density at radius 3 is 2.15 bits per heavy atom. The van der Waals surface area contributed by atoms with E-state index in [2.05, 4.69) is 0 Å². The predicted molar refractivity (Wildman–Crippen MR) is 65.6 cm³/mol. The maximum atomic E-state index is 12.5. The van der Waals surface area contributed by atoms with Crippen LogP contribution in [0.2, 0.25) is 0 Å². The fourth-order valence-corrected chi connectivity index (χ4v) is 1.61. The van der Waals surface area contributed by atoms with Crippen LogP contribution in [0.4, 0.5) is 27.6 Å². The number of carbonyl (C=O) groups excluding carboxylic acids is 1. The van der Waals surface area contributed by atoms with E-state index in [0.29, 0.717) is 6.92 Å². The van der Waals surface area contributed by atoms with Gasteiger partial charge >= 0.3 is 6.18 Å². The van der Waals surface area contributed by atoms with Crippen molar-refractivity contribution in [1.82, 2.24) is 0 Å². The Bertz CT molecular complexity index is 473. The van der Waals surface area contributed by atoms with E-state index in [1.807, 2.05) is 5.32 Å². The number of benzene rings is 1. The normalized spacial score (nSPS) is 15.0. The Kier molecular flexibility index (Phi) is 4.98. The maximum absolute atomic E-state index is 12.5. The highest BCUT2D eigenvalue weighted by Gasteiger charge is 2.53. The summed E-state index contributed by atoms with van der Waals surface area (Å²) >= 11 is 0.285. The van der Waals surface area contributed by atoms with Crippen molar-refractivity contribution in [3.63, 3.8) is 0 Å². The topological polar surface area (TPSA) is 55.1 Å². The standard InChI is InChI=1S/C11H11F5N2OS/c1-10(17,11(14,15)16)8(19)18-6-2-4-7(5-3-6)20-9(12)13/h2-5,9H,17H2,1H3,(H,18,19). The summed E-state index contributed by atoms with van der Waals surface area (Å²) in [5, 5.41) is 1.99. The van der Waals surface area contributed by atoms with E-state index in [9.17, 15) is 26.7 Å². The Morgan fingerprint density at radius 2 is 1.75 bits per heavy atom. The van der Waals surface area contributed by atoms with Crippen LogP contribution in [0.3, 0.4) is 0 Å². The van der Waals surface area contributed by atoms with Gasteiger partial charge in [-0.15, -0.1) is 0 Å². The summed E-state index contributed by atoms with van der Waals surface area (Å²) < 4.78 is 61.7. The number of rotatable bonds is 4. The molecule has 3 N–H and O–H groups in total. The van der Waals surface area contributed by atoms with Gasteiger partial charge in [0.05, 0.1) is 0 Å². The van der Waals surface area contributed by atoms with Crippen LogP contribution in [-0.4, -0.2) is 23.4 Å². The van der Waals surface area contributed by atoms with E-state index >= 15 is 0 Å². The SMILES string of the molecule is CC(N)(C(=O)Nc1ccc(SC(F)F)cc1)C(F)(F)F. The summed E-state index contributed by atoms with van der Waals surface area (Å²) in [4.78, 5) is 11.7. The van der Waals surface area contributed by atoms with Gasteiger partial charge < -0.3 is 11.1 Å². The first-order valence-corrected chi connectivity index (χ1v) is 6.14. The van der Waals surface area contributed by atoms with Gasteiger partial charge in [-0.25, -0.2) is 0 Å². The number of nitrogens with two attached hydrogens (primary N) is 1. The fourth-order valence-electron chi connectivity index (χ4n) is 1.11. The average Bonchev–Trinajstić information content (AvgIpc) is 2.29. The van der Waals surface area contributed by atoms with Crippen molar-refractivity contribution in [2.75, 3.05) is 5.32 Å². The van der Waals surface area contributed by atoms with Crippen molar-refractivity contribution in [2.45, 2.75) is 29.3 Å². The predicted octanol–water partition coefficient (Wildman–Crippen LogP) is 3.22. The highest BCUT2D eigenvalue weighted by atomic mass is 32.2. The lowest BCUT2D eigenvalue weighted by Gasteiger charge is -2.26. The molecule has 0 heterocycles. The van der Waals surface area contributed by atoms with Gasteiger partial charge in [0.25, 0.3) is 11.7 Å². The smallest absolute Gasteiger partial charge is 0.324 e. The number of halogens is 5. The number of nitrogens with one attached hydrogen (secondary N) is 1. The maximum Gasteiger partial charge on any atom is 0.415 e. The number of carbonyl (C=O) groups is 1. The lowest BCUT2D eigenvalue weighted by molar-refractivity contribution is -0.184. The van der Waals surface area contributed by atoms with E-state index in [4.69, 9.17) is 5.73 Å². The van der Waals surface area contributed by atoms with Gasteiger partial charge in [-0.05, 0) is 31.2 Å². The Balaban J connectivity index is 2.77. The van der Waals surface area contributed by atoms with Crippen LogP contribution in [0.1, 0.15) is 6.92 Å². The van der Waals surface area contributed by atoms with Gasteiger partial charge in [0, 0.05) is 10.6 Å². The summed E-state index contributed by atoms with van der Waals surface area (Å²) in [6.07, 6.45) is -4.90. The van der Waals surface area contributed by atoms with Crippen molar-refractivity contribution in [3.8, 4) is 0 Å². The van der Waals surface area contributed by atoms with Gasteiger partial charge in [-0.3, -0.25) is 4.79 Å². The zero-order chi connectivity index (χ0) is 15.6. The van der Waals surface area contributed by atoms with Gasteiger partial charge in [0.15, 0.2) is 5.54 Å². The van der Waals surface area contributed by atoms with E-state index < -0.39 is 23.4 Å². The molecule has 0 fully saturated rings. The molecule has 112 valence electrons. The summed E-state index contributed by atoms with van der Waals surface area (Å²) in [5.41, 5.74) is 1.94. The highest BCUT2D eigenvalue weighted by molar-refractivity contribution is 7.99. The van der Waals surface area contributed by atoms with Crippen molar-refractivity contribution in [3.05, 3.63) is 24.3 Å². The molecule has 1 rings (SSSR count). The summed E-state index contributed by atoms with van der Waals surface area (Å²) in [7, 11) is 0. The molecule has 0 saturated heterocycles. The molecule has 0 aliphatic rings. The van der Waals surface area contributed by atoms with Crippen LogP contribution in [0.25, 0.3) is 0 Å². The van der Waals surface area contributed by atoms with Crippen LogP contribution in [-0.2, 0) is 4.79 Å². The van der Waals surface area contributed by atoms with Crippen molar-refractivity contribution in [2.24, 2.45) is 5.73 Å². The van der Waals surface area contributed by atoms with E-state index in [0.717, 1.165) is 0 Å². The second-order valence-electron chi connectivity index (χ2n) is 4.06. The zero-order valence-electron chi connectivity index (χ0n) is 10.2. The van der Waals surface area contributed by atoms with Gasteiger partial charge in [-0.1, -0.05) is 11.8 Å². The first kappa shape index (κ1) is 16.7. The zero-order valence-corrected chi connectivity index (χ0v) is 11.0. The van der Waals surface area contributed by atoms with E-state index in [1.165, 1.54) is 24.3 Å². The molecule has 3 nitrogen and oxygen atoms in total. The van der Waals surface area contributed by atoms with E-state index in [1.54, 1.807) is 0 Å².